The van der Waals surface area contributed by atoms with E-state index in [0.29, 0.717) is 27.8 Å². The Kier molecular flexibility index (Phi) is 6.98. The summed E-state index contributed by atoms with van der Waals surface area (Å²) in [5.74, 6) is -1.54. The van der Waals surface area contributed by atoms with Crippen molar-refractivity contribution >= 4 is 40.7 Å². The highest BCUT2D eigenvalue weighted by Gasteiger charge is 2.47. The number of aliphatic hydroxyl groups is 1. The van der Waals surface area contributed by atoms with Crippen LogP contribution >= 0.6 is 11.6 Å². The molecule has 0 aromatic heterocycles. The van der Waals surface area contributed by atoms with Gasteiger partial charge >= 0.3 is 5.97 Å². The topological polar surface area (TPSA) is 102 Å². The predicted molar refractivity (Wildman–Crippen MR) is 134 cm³/mol. The summed E-state index contributed by atoms with van der Waals surface area (Å²) in [6.45, 7) is 1.27. The molecule has 1 unspecified atom stereocenters. The Morgan fingerprint density at radius 1 is 0.944 bits per heavy atom. The number of nitrogens with zero attached hydrogens (tertiary/aromatic N) is 1. The molecule has 1 amide bonds. The van der Waals surface area contributed by atoms with Crippen molar-refractivity contribution < 1.29 is 33.7 Å². The lowest BCUT2D eigenvalue weighted by molar-refractivity contribution is -0.132. The van der Waals surface area contributed by atoms with E-state index >= 15 is 0 Å². The van der Waals surface area contributed by atoms with E-state index < -0.39 is 29.5 Å². The summed E-state index contributed by atoms with van der Waals surface area (Å²) in [7, 11) is 2.94. The molecule has 1 aliphatic heterocycles. The number of anilines is 1. The van der Waals surface area contributed by atoms with E-state index in [9.17, 15) is 19.5 Å². The van der Waals surface area contributed by atoms with Crippen LogP contribution in [0.5, 0.6) is 17.2 Å². The van der Waals surface area contributed by atoms with Crippen LogP contribution in [0, 0.1) is 0 Å². The van der Waals surface area contributed by atoms with Crippen molar-refractivity contribution in [1.29, 1.82) is 0 Å². The van der Waals surface area contributed by atoms with Crippen LogP contribution < -0.4 is 19.1 Å². The van der Waals surface area contributed by atoms with E-state index in [0.717, 1.165) is 0 Å². The van der Waals surface area contributed by atoms with Gasteiger partial charge in [0.25, 0.3) is 11.7 Å². The Morgan fingerprint density at radius 2 is 1.67 bits per heavy atom. The number of ketones is 1. The lowest BCUT2D eigenvalue weighted by Gasteiger charge is -2.26. The fourth-order valence-corrected chi connectivity index (χ4v) is 4.23. The molecular weight excluding hydrogens is 486 g/mol. The van der Waals surface area contributed by atoms with Gasteiger partial charge in [0.2, 0.25) is 0 Å². The molecular formula is C27H22ClNO7. The molecule has 36 heavy (non-hydrogen) atoms. The van der Waals surface area contributed by atoms with E-state index in [4.69, 9.17) is 25.8 Å². The summed E-state index contributed by atoms with van der Waals surface area (Å²) < 4.78 is 15.6. The molecule has 0 aliphatic carbocycles. The largest absolute Gasteiger partial charge is 0.507 e. The third-order valence-corrected chi connectivity index (χ3v) is 5.97. The third kappa shape index (κ3) is 4.63. The van der Waals surface area contributed by atoms with Gasteiger partial charge in [0.1, 0.15) is 23.0 Å². The standard InChI is InChI=1S/C27H22ClNO7/c1-15(30)36-20-6-4-5-16(13-20)24-23(25(31)17-7-12-21(28)22(14-17)35-3)26(32)27(33)29(24)18-8-10-19(34-2)11-9-18/h4-14,24,31H,1-3H3/b25-23-. The number of rotatable bonds is 6. The second kappa shape index (κ2) is 10.1. The van der Waals surface area contributed by atoms with Crippen LogP contribution in [0.3, 0.4) is 0 Å². The molecule has 8 nitrogen and oxygen atoms in total. The minimum atomic E-state index is -1.02. The summed E-state index contributed by atoms with van der Waals surface area (Å²) in [4.78, 5) is 39.4. The number of carbonyl (C=O) groups excluding carboxylic acids is 3. The van der Waals surface area contributed by atoms with Crippen molar-refractivity contribution in [2.24, 2.45) is 0 Å². The number of aliphatic hydroxyl groups excluding tert-OH is 1. The molecule has 184 valence electrons. The third-order valence-electron chi connectivity index (χ3n) is 5.65. The number of carbonyl (C=O) groups is 3. The maximum absolute atomic E-state index is 13.3. The van der Waals surface area contributed by atoms with Gasteiger partial charge < -0.3 is 19.3 Å². The summed E-state index contributed by atoms with van der Waals surface area (Å²) in [5, 5.41) is 11.6. The van der Waals surface area contributed by atoms with Crippen LogP contribution in [0.15, 0.2) is 72.3 Å². The van der Waals surface area contributed by atoms with Gasteiger partial charge in [-0.15, -0.1) is 0 Å². The first kappa shape index (κ1) is 24.8. The average molecular weight is 508 g/mol. The van der Waals surface area contributed by atoms with Gasteiger partial charge in [0, 0.05) is 18.2 Å². The lowest BCUT2D eigenvalue weighted by Crippen LogP contribution is -2.29. The van der Waals surface area contributed by atoms with Crippen LogP contribution in [0.1, 0.15) is 24.1 Å². The number of hydrogen-bond donors (Lipinski definition) is 1. The maximum Gasteiger partial charge on any atom is 0.308 e. The SMILES string of the molecule is COc1ccc(N2C(=O)C(=O)/C(=C(\O)c3ccc(Cl)c(OC)c3)C2c2cccc(OC(C)=O)c2)cc1. The molecule has 9 heteroatoms. The van der Waals surface area contributed by atoms with Gasteiger partial charge in [0.15, 0.2) is 0 Å². The number of esters is 1. The first-order valence-corrected chi connectivity index (χ1v) is 11.2. The number of ether oxygens (including phenoxy) is 3. The molecule has 3 aromatic carbocycles. The van der Waals surface area contributed by atoms with Crippen molar-refractivity contribution in [2.75, 3.05) is 19.1 Å². The number of amides is 1. The zero-order valence-electron chi connectivity index (χ0n) is 19.7. The van der Waals surface area contributed by atoms with Crippen molar-refractivity contribution in [3.8, 4) is 17.2 Å². The summed E-state index contributed by atoms with van der Waals surface area (Å²) in [6, 6.07) is 16.5. The van der Waals surface area contributed by atoms with E-state index in [1.165, 1.54) is 44.2 Å². The monoisotopic (exact) mass is 507 g/mol. The van der Waals surface area contributed by atoms with Crippen molar-refractivity contribution in [1.82, 2.24) is 0 Å². The molecule has 1 atom stereocenters. The van der Waals surface area contributed by atoms with Crippen LogP contribution in [0.4, 0.5) is 5.69 Å². The highest BCUT2D eigenvalue weighted by atomic mass is 35.5. The molecule has 1 N–H and O–H groups in total. The van der Waals surface area contributed by atoms with Gasteiger partial charge in [0.05, 0.1) is 30.9 Å². The minimum absolute atomic E-state index is 0.139. The molecule has 1 heterocycles. The minimum Gasteiger partial charge on any atom is -0.507 e. The molecule has 0 bridgehead atoms. The summed E-state index contributed by atoms with van der Waals surface area (Å²) in [5.41, 5.74) is 0.963. The van der Waals surface area contributed by atoms with Crippen LogP contribution in [-0.2, 0) is 14.4 Å². The van der Waals surface area contributed by atoms with Gasteiger partial charge in [-0.05, 0) is 60.2 Å². The fourth-order valence-electron chi connectivity index (χ4n) is 4.03. The number of Topliss-reactive ketones (excluding diaryl/α,β-unsaturated/α-hetero) is 1. The van der Waals surface area contributed by atoms with Gasteiger partial charge in [-0.25, -0.2) is 0 Å². The Bertz CT molecular complexity index is 1380. The quantitative estimate of drug-likeness (QED) is 0.166. The average Bonchev–Trinajstić information content (AvgIpc) is 3.14. The Hall–Kier alpha value is -4.30. The summed E-state index contributed by atoms with van der Waals surface area (Å²) >= 11 is 6.12. The van der Waals surface area contributed by atoms with E-state index in [1.54, 1.807) is 48.5 Å². The van der Waals surface area contributed by atoms with Gasteiger partial charge in [-0.2, -0.15) is 0 Å². The predicted octanol–water partition coefficient (Wildman–Crippen LogP) is 4.91. The molecule has 1 saturated heterocycles. The van der Waals surface area contributed by atoms with Crippen LogP contribution in [0.25, 0.3) is 5.76 Å². The zero-order chi connectivity index (χ0) is 26.0. The molecule has 0 radical (unpaired) electrons. The smallest absolute Gasteiger partial charge is 0.308 e. The Labute approximate surface area is 212 Å². The second-order valence-electron chi connectivity index (χ2n) is 7.88. The molecule has 3 aromatic rings. The fraction of sp³-hybridized carbons (Fsp3) is 0.148. The first-order valence-electron chi connectivity index (χ1n) is 10.8. The molecule has 1 aliphatic rings. The van der Waals surface area contributed by atoms with Gasteiger partial charge in [-0.3, -0.25) is 19.3 Å². The van der Waals surface area contributed by atoms with Crippen molar-refractivity contribution in [2.45, 2.75) is 13.0 Å². The highest BCUT2D eigenvalue weighted by Crippen LogP contribution is 2.43. The van der Waals surface area contributed by atoms with E-state index in [2.05, 4.69) is 0 Å². The van der Waals surface area contributed by atoms with Gasteiger partial charge in [-0.1, -0.05) is 23.7 Å². The Balaban J connectivity index is 1.93. The van der Waals surface area contributed by atoms with Crippen molar-refractivity contribution in [3.05, 3.63) is 88.5 Å². The van der Waals surface area contributed by atoms with Crippen molar-refractivity contribution in [3.63, 3.8) is 0 Å². The molecule has 1 fully saturated rings. The number of methoxy groups -OCH3 is 2. The molecule has 4 rings (SSSR count). The normalized spacial score (nSPS) is 16.7. The summed E-state index contributed by atoms with van der Waals surface area (Å²) in [6.07, 6.45) is 0. The zero-order valence-corrected chi connectivity index (χ0v) is 20.4. The van der Waals surface area contributed by atoms with Crippen LogP contribution in [0.2, 0.25) is 5.02 Å². The number of hydrogen-bond acceptors (Lipinski definition) is 7. The van der Waals surface area contributed by atoms with Crippen LogP contribution in [-0.4, -0.2) is 37.0 Å². The number of halogens is 1. The molecule has 0 spiro atoms. The molecule has 0 saturated carbocycles. The lowest BCUT2D eigenvalue weighted by atomic mass is 9.95. The second-order valence-corrected chi connectivity index (χ2v) is 8.29. The number of benzene rings is 3. The maximum atomic E-state index is 13.3. The first-order chi connectivity index (χ1) is 17.2. The van der Waals surface area contributed by atoms with E-state index in [-0.39, 0.29) is 16.9 Å². The highest BCUT2D eigenvalue weighted by molar-refractivity contribution is 6.51. The Morgan fingerprint density at radius 3 is 2.31 bits per heavy atom. The van der Waals surface area contributed by atoms with E-state index in [1.807, 2.05) is 0 Å².